The average Bonchev–Trinajstić information content (AvgIpc) is 2.94. The minimum atomic E-state index is -0.139. The summed E-state index contributed by atoms with van der Waals surface area (Å²) < 4.78 is 0. The molecule has 1 heterocycles. The van der Waals surface area contributed by atoms with Crippen LogP contribution in [0.5, 0.6) is 0 Å². The summed E-state index contributed by atoms with van der Waals surface area (Å²) in [5, 5.41) is 5.44. The first-order chi connectivity index (χ1) is 9.60. The number of carbonyl (C=O) groups excluding carboxylic acids is 1. The SMILES string of the molecule is Cc1ccc(C(C)CNC(=O)c2csc(CN)n2)cc1. The maximum absolute atomic E-state index is 12.0. The number of hydrogen-bond acceptors (Lipinski definition) is 4. The van der Waals surface area contributed by atoms with E-state index in [1.165, 1.54) is 22.5 Å². The zero-order chi connectivity index (χ0) is 14.5. The number of thiazole rings is 1. The molecule has 4 nitrogen and oxygen atoms in total. The van der Waals surface area contributed by atoms with Crippen LogP contribution in [0, 0.1) is 6.92 Å². The van der Waals surface area contributed by atoms with E-state index in [2.05, 4.69) is 48.4 Å². The molecular formula is C15H19N3OS. The van der Waals surface area contributed by atoms with Crippen LogP contribution in [-0.4, -0.2) is 17.4 Å². The van der Waals surface area contributed by atoms with Crippen LogP contribution >= 0.6 is 11.3 Å². The molecule has 2 rings (SSSR count). The van der Waals surface area contributed by atoms with Gasteiger partial charge in [-0.15, -0.1) is 11.3 Å². The van der Waals surface area contributed by atoms with Crippen LogP contribution in [0.3, 0.4) is 0 Å². The molecule has 1 unspecified atom stereocenters. The fraction of sp³-hybridized carbons (Fsp3) is 0.333. The highest BCUT2D eigenvalue weighted by Crippen LogP contribution is 2.15. The third kappa shape index (κ3) is 3.65. The van der Waals surface area contributed by atoms with Crippen molar-refractivity contribution in [1.29, 1.82) is 0 Å². The molecule has 0 radical (unpaired) electrons. The zero-order valence-corrected chi connectivity index (χ0v) is 12.5. The number of hydrogen-bond donors (Lipinski definition) is 2. The van der Waals surface area contributed by atoms with E-state index < -0.39 is 0 Å². The van der Waals surface area contributed by atoms with Crippen LogP contribution < -0.4 is 11.1 Å². The Morgan fingerprint density at radius 2 is 2.10 bits per heavy atom. The summed E-state index contributed by atoms with van der Waals surface area (Å²) in [7, 11) is 0. The van der Waals surface area contributed by atoms with Crippen molar-refractivity contribution in [1.82, 2.24) is 10.3 Å². The Morgan fingerprint density at radius 1 is 1.40 bits per heavy atom. The van der Waals surface area contributed by atoms with E-state index >= 15 is 0 Å². The molecule has 0 aliphatic heterocycles. The second-order valence-electron chi connectivity index (χ2n) is 4.85. The Labute approximate surface area is 123 Å². The van der Waals surface area contributed by atoms with Crippen molar-refractivity contribution in [2.24, 2.45) is 5.73 Å². The van der Waals surface area contributed by atoms with E-state index in [0.29, 0.717) is 18.8 Å². The monoisotopic (exact) mass is 289 g/mol. The molecule has 0 saturated heterocycles. The maximum atomic E-state index is 12.0. The minimum absolute atomic E-state index is 0.139. The largest absolute Gasteiger partial charge is 0.350 e. The molecule has 0 bridgehead atoms. The van der Waals surface area contributed by atoms with Crippen molar-refractivity contribution in [3.05, 3.63) is 51.5 Å². The number of benzene rings is 1. The standard InChI is InChI=1S/C15H19N3OS/c1-10-3-5-12(6-4-10)11(2)8-17-15(19)13-9-20-14(7-16)18-13/h3-6,9,11H,7-8,16H2,1-2H3,(H,17,19). The van der Waals surface area contributed by atoms with Gasteiger partial charge in [0.25, 0.3) is 5.91 Å². The molecule has 20 heavy (non-hydrogen) atoms. The topological polar surface area (TPSA) is 68.0 Å². The lowest BCUT2D eigenvalue weighted by Gasteiger charge is -2.12. The van der Waals surface area contributed by atoms with Gasteiger partial charge in [0.15, 0.2) is 0 Å². The summed E-state index contributed by atoms with van der Waals surface area (Å²) in [6, 6.07) is 8.37. The van der Waals surface area contributed by atoms with Crippen molar-refractivity contribution < 1.29 is 4.79 Å². The Bertz CT molecular complexity index is 577. The summed E-state index contributed by atoms with van der Waals surface area (Å²) >= 11 is 1.41. The lowest BCUT2D eigenvalue weighted by molar-refractivity contribution is 0.0947. The van der Waals surface area contributed by atoms with Gasteiger partial charge in [-0.3, -0.25) is 4.79 Å². The molecule has 0 saturated carbocycles. The highest BCUT2D eigenvalue weighted by atomic mass is 32.1. The van der Waals surface area contributed by atoms with E-state index in [1.807, 2.05) is 0 Å². The number of nitrogens with zero attached hydrogens (tertiary/aromatic N) is 1. The summed E-state index contributed by atoms with van der Waals surface area (Å²) in [4.78, 5) is 16.1. The first-order valence-corrected chi connectivity index (χ1v) is 7.47. The molecule has 0 aliphatic carbocycles. The smallest absolute Gasteiger partial charge is 0.270 e. The van der Waals surface area contributed by atoms with Crippen molar-refractivity contribution in [3.63, 3.8) is 0 Å². The second kappa shape index (κ2) is 6.63. The molecule has 0 fully saturated rings. The predicted molar refractivity (Wildman–Crippen MR) is 81.9 cm³/mol. The van der Waals surface area contributed by atoms with Gasteiger partial charge < -0.3 is 11.1 Å². The number of nitrogens with two attached hydrogens (primary N) is 1. The van der Waals surface area contributed by atoms with E-state index in [9.17, 15) is 4.79 Å². The zero-order valence-electron chi connectivity index (χ0n) is 11.7. The van der Waals surface area contributed by atoms with Gasteiger partial charge in [-0.1, -0.05) is 36.8 Å². The van der Waals surface area contributed by atoms with Crippen LogP contribution in [-0.2, 0) is 6.54 Å². The Hall–Kier alpha value is -1.72. The van der Waals surface area contributed by atoms with Crippen LogP contribution in [0.1, 0.15) is 39.5 Å². The van der Waals surface area contributed by atoms with Crippen molar-refractivity contribution in [2.75, 3.05) is 6.54 Å². The highest BCUT2D eigenvalue weighted by molar-refractivity contribution is 7.09. The van der Waals surface area contributed by atoms with E-state index in [0.717, 1.165) is 5.01 Å². The molecule has 0 aliphatic rings. The lowest BCUT2D eigenvalue weighted by atomic mass is 10.00. The number of aryl methyl sites for hydroxylation is 1. The summed E-state index contributed by atoms with van der Waals surface area (Å²) in [6.07, 6.45) is 0. The Balaban J connectivity index is 1.91. The fourth-order valence-electron chi connectivity index (χ4n) is 1.86. The molecule has 1 atom stereocenters. The van der Waals surface area contributed by atoms with Gasteiger partial charge >= 0.3 is 0 Å². The molecule has 0 spiro atoms. The lowest BCUT2D eigenvalue weighted by Crippen LogP contribution is -2.27. The van der Waals surface area contributed by atoms with Crippen LogP contribution in [0.4, 0.5) is 0 Å². The van der Waals surface area contributed by atoms with Crippen molar-refractivity contribution in [2.45, 2.75) is 26.3 Å². The fourth-order valence-corrected chi connectivity index (χ4v) is 2.51. The normalized spacial score (nSPS) is 12.2. The van der Waals surface area contributed by atoms with Crippen LogP contribution in [0.2, 0.25) is 0 Å². The summed E-state index contributed by atoms with van der Waals surface area (Å²) in [5.74, 6) is 0.132. The van der Waals surface area contributed by atoms with Gasteiger partial charge in [0.05, 0.1) is 0 Å². The molecule has 5 heteroatoms. The average molecular weight is 289 g/mol. The third-order valence-corrected chi connectivity index (χ3v) is 4.05. The number of nitrogens with one attached hydrogen (secondary N) is 1. The van der Waals surface area contributed by atoms with Gasteiger partial charge in [0, 0.05) is 18.5 Å². The minimum Gasteiger partial charge on any atom is -0.350 e. The summed E-state index contributed by atoms with van der Waals surface area (Å²) in [6.45, 7) is 5.12. The first-order valence-electron chi connectivity index (χ1n) is 6.59. The Kier molecular flexibility index (Phi) is 4.87. The summed E-state index contributed by atoms with van der Waals surface area (Å²) in [5.41, 5.74) is 8.40. The molecular weight excluding hydrogens is 270 g/mol. The van der Waals surface area contributed by atoms with E-state index in [4.69, 9.17) is 5.73 Å². The number of aromatic nitrogens is 1. The molecule has 1 aromatic carbocycles. The number of amides is 1. The van der Waals surface area contributed by atoms with E-state index in [1.54, 1.807) is 5.38 Å². The van der Waals surface area contributed by atoms with Gasteiger partial charge in [0.1, 0.15) is 10.7 Å². The van der Waals surface area contributed by atoms with Crippen molar-refractivity contribution in [3.8, 4) is 0 Å². The number of carbonyl (C=O) groups is 1. The van der Waals surface area contributed by atoms with E-state index in [-0.39, 0.29) is 11.8 Å². The molecule has 1 amide bonds. The first kappa shape index (κ1) is 14.7. The number of rotatable bonds is 5. The van der Waals surface area contributed by atoms with Gasteiger partial charge in [-0.05, 0) is 18.4 Å². The molecule has 106 valence electrons. The molecule has 1 aromatic heterocycles. The van der Waals surface area contributed by atoms with Gasteiger partial charge in [-0.2, -0.15) is 0 Å². The van der Waals surface area contributed by atoms with Gasteiger partial charge in [0.2, 0.25) is 0 Å². The Morgan fingerprint density at radius 3 is 2.70 bits per heavy atom. The molecule has 2 aromatic rings. The van der Waals surface area contributed by atoms with Crippen LogP contribution in [0.15, 0.2) is 29.6 Å². The van der Waals surface area contributed by atoms with Crippen molar-refractivity contribution >= 4 is 17.2 Å². The van der Waals surface area contributed by atoms with Gasteiger partial charge in [-0.25, -0.2) is 4.98 Å². The highest BCUT2D eigenvalue weighted by Gasteiger charge is 2.12. The van der Waals surface area contributed by atoms with Crippen LogP contribution in [0.25, 0.3) is 0 Å². The second-order valence-corrected chi connectivity index (χ2v) is 5.80. The quantitative estimate of drug-likeness (QED) is 0.888. The maximum Gasteiger partial charge on any atom is 0.270 e. The molecule has 3 N–H and O–H groups in total. The predicted octanol–water partition coefficient (Wildman–Crippen LogP) is 2.44. The third-order valence-electron chi connectivity index (χ3n) is 3.17.